The maximum absolute atomic E-state index is 10.7. The summed E-state index contributed by atoms with van der Waals surface area (Å²) in [5.74, 6) is 0. The fourth-order valence-electron chi connectivity index (χ4n) is 2.64. The lowest BCUT2D eigenvalue weighted by Gasteiger charge is -2.10. The maximum atomic E-state index is 10.7. The first-order chi connectivity index (χ1) is 8.86. The molecule has 1 unspecified atom stereocenters. The largest absolute Gasteiger partial charge is 0.378 e. The molecule has 2 aromatic rings. The van der Waals surface area contributed by atoms with E-state index in [1.54, 1.807) is 0 Å². The van der Waals surface area contributed by atoms with Crippen LogP contribution in [0.25, 0.3) is 10.9 Å². The lowest BCUT2D eigenvalue weighted by atomic mass is 10.1. The molecule has 3 rings (SSSR count). The van der Waals surface area contributed by atoms with Gasteiger partial charge in [0.05, 0.1) is 6.10 Å². The monoisotopic (exact) mass is 243 g/mol. The Kier molecular flexibility index (Phi) is 3.15. The summed E-state index contributed by atoms with van der Waals surface area (Å²) in [7, 11) is 0. The highest BCUT2D eigenvalue weighted by Crippen LogP contribution is 2.20. The summed E-state index contributed by atoms with van der Waals surface area (Å²) in [5, 5.41) is 1.13. The van der Waals surface area contributed by atoms with Gasteiger partial charge >= 0.3 is 0 Å². The zero-order valence-electron chi connectivity index (χ0n) is 10.3. The van der Waals surface area contributed by atoms with Gasteiger partial charge in [-0.1, -0.05) is 0 Å². The van der Waals surface area contributed by atoms with Gasteiger partial charge in [-0.3, -0.25) is 4.79 Å². The molecule has 1 fully saturated rings. The fraction of sp³-hybridized carbons (Fsp3) is 0.400. The molecule has 1 atom stereocenters. The molecule has 0 aliphatic carbocycles. The van der Waals surface area contributed by atoms with Crippen LogP contribution in [0.5, 0.6) is 0 Å². The van der Waals surface area contributed by atoms with Gasteiger partial charge in [0.25, 0.3) is 0 Å². The van der Waals surface area contributed by atoms with E-state index in [1.165, 1.54) is 18.4 Å². The first kappa shape index (κ1) is 11.5. The van der Waals surface area contributed by atoms with E-state index in [0.717, 1.165) is 36.8 Å². The second kappa shape index (κ2) is 4.94. The number of aromatic nitrogens is 1. The van der Waals surface area contributed by atoms with Gasteiger partial charge in [-0.05, 0) is 43.5 Å². The lowest BCUT2D eigenvalue weighted by molar-refractivity contribution is 0.101. The molecule has 1 saturated heterocycles. The van der Waals surface area contributed by atoms with E-state index in [1.807, 2.05) is 18.2 Å². The minimum atomic E-state index is 0.427. The molecule has 94 valence electrons. The predicted molar refractivity (Wildman–Crippen MR) is 70.9 cm³/mol. The molecule has 0 saturated carbocycles. The van der Waals surface area contributed by atoms with Crippen LogP contribution < -0.4 is 0 Å². The second-order valence-electron chi connectivity index (χ2n) is 4.87. The minimum absolute atomic E-state index is 0.427. The predicted octanol–water partition coefficient (Wildman–Crippen LogP) is 3.02. The smallest absolute Gasteiger partial charge is 0.150 e. The van der Waals surface area contributed by atoms with Crippen molar-refractivity contribution in [2.75, 3.05) is 6.61 Å². The Hall–Kier alpha value is -1.61. The third-order valence-corrected chi connectivity index (χ3v) is 3.65. The topological polar surface area (TPSA) is 31.2 Å². The van der Waals surface area contributed by atoms with Crippen LogP contribution in [0.4, 0.5) is 0 Å². The van der Waals surface area contributed by atoms with E-state index in [2.05, 4.69) is 16.8 Å². The first-order valence-corrected chi connectivity index (χ1v) is 6.52. The van der Waals surface area contributed by atoms with Gasteiger partial charge in [0.15, 0.2) is 0 Å². The molecule has 0 spiro atoms. The number of rotatable bonds is 4. The summed E-state index contributed by atoms with van der Waals surface area (Å²) in [5.41, 5.74) is 1.93. The van der Waals surface area contributed by atoms with E-state index in [9.17, 15) is 4.79 Å². The van der Waals surface area contributed by atoms with Crippen LogP contribution in [-0.4, -0.2) is 23.6 Å². The highest BCUT2D eigenvalue weighted by atomic mass is 16.5. The number of fused-ring (bicyclic) bond motifs is 1. The minimum Gasteiger partial charge on any atom is -0.378 e. The van der Waals surface area contributed by atoms with E-state index < -0.39 is 0 Å². The number of nitrogens with zero attached hydrogens (tertiary/aromatic N) is 1. The Balaban J connectivity index is 1.77. The number of carbonyl (C=O) groups is 1. The van der Waals surface area contributed by atoms with Crippen molar-refractivity contribution >= 4 is 17.2 Å². The van der Waals surface area contributed by atoms with Gasteiger partial charge in [0.1, 0.15) is 6.29 Å². The van der Waals surface area contributed by atoms with Crippen molar-refractivity contribution in [2.45, 2.75) is 31.9 Å². The number of benzene rings is 1. The third kappa shape index (κ3) is 2.18. The summed E-state index contributed by atoms with van der Waals surface area (Å²) in [6.07, 6.45) is 6.86. The molecular formula is C15H17NO2. The van der Waals surface area contributed by atoms with Gasteiger partial charge in [0, 0.05) is 35.8 Å². The van der Waals surface area contributed by atoms with E-state index in [-0.39, 0.29) is 0 Å². The van der Waals surface area contributed by atoms with Crippen LogP contribution in [0, 0.1) is 0 Å². The standard InChI is InChI=1S/C15H17NO2/c17-11-12-3-4-15-13(10-12)5-7-16(15)8-6-14-2-1-9-18-14/h3-5,7,10-11,14H,1-2,6,8-9H2. The average Bonchev–Trinajstić information content (AvgIpc) is 3.05. The summed E-state index contributed by atoms with van der Waals surface area (Å²) in [6.45, 7) is 1.90. The maximum Gasteiger partial charge on any atom is 0.150 e. The van der Waals surface area contributed by atoms with Crippen molar-refractivity contribution < 1.29 is 9.53 Å². The fourth-order valence-corrected chi connectivity index (χ4v) is 2.64. The Bertz CT molecular complexity index is 553. The van der Waals surface area contributed by atoms with Gasteiger partial charge < -0.3 is 9.30 Å². The van der Waals surface area contributed by atoms with Gasteiger partial charge in [-0.2, -0.15) is 0 Å². The van der Waals surface area contributed by atoms with Gasteiger partial charge in [-0.15, -0.1) is 0 Å². The van der Waals surface area contributed by atoms with Crippen molar-refractivity contribution in [1.82, 2.24) is 4.57 Å². The van der Waals surface area contributed by atoms with Crippen LogP contribution in [0.2, 0.25) is 0 Å². The van der Waals surface area contributed by atoms with E-state index in [4.69, 9.17) is 4.74 Å². The van der Waals surface area contributed by atoms with Crippen molar-refractivity contribution in [1.29, 1.82) is 0 Å². The number of carbonyl (C=O) groups excluding carboxylic acids is 1. The molecule has 1 aliphatic heterocycles. The third-order valence-electron chi connectivity index (χ3n) is 3.65. The zero-order chi connectivity index (χ0) is 12.4. The Labute approximate surface area is 106 Å². The van der Waals surface area contributed by atoms with Crippen molar-refractivity contribution in [3.05, 3.63) is 36.0 Å². The molecule has 3 nitrogen and oxygen atoms in total. The highest BCUT2D eigenvalue weighted by molar-refractivity contribution is 5.87. The van der Waals surface area contributed by atoms with Crippen LogP contribution in [0.1, 0.15) is 29.6 Å². The Morgan fingerprint density at radius 2 is 2.33 bits per heavy atom. The molecule has 1 aromatic heterocycles. The van der Waals surface area contributed by atoms with Crippen molar-refractivity contribution in [3.8, 4) is 0 Å². The summed E-state index contributed by atoms with van der Waals surface area (Å²) in [4.78, 5) is 10.7. The Morgan fingerprint density at radius 1 is 1.39 bits per heavy atom. The molecule has 3 heteroatoms. The van der Waals surface area contributed by atoms with E-state index >= 15 is 0 Å². The number of aryl methyl sites for hydroxylation is 1. The van der Waals surface area contributed by atoms with Crippen LogP contribution in [0.15, 0.2) is 30.5 Å². The molecule has 2 heterocycles. The lowest BCUT2D eigenvalue weighted by Crippen LogP contribution is -2.09. The molecule has 0 radical (unpaired) electrons. The van der Waals surface area contributed by atoms with Crippen molar-refractivity contribution in [3.63, 3.8) is 0 Å². The molecular weight excluding hydrogens is 226 g/mol. The summed E-state index contributed by atoms with van der Waals surface area (Å²) in [6, 6.07) is 7.90. The summed E-state index contributed by atoms with van der Waals surface area (Å²) < 4.78 is 7.88. The molecule has 0 amide bonds. The normalized spacial score (nSPS) is 19.4. The van der Waals surface area contributed by atoms with Crippen LogP contribution in [-0.2, 0) is 11.3 Å². The zero-order valence-corrected chi connectivity index (χ0v) is 10.3. The molecule has 1 aliphatic rings. The quantitative estimate of drug-likeness (QED) is 0.773. The number of hydrogen-bond acceptors (Lipinski definition) is 2. The number of ether oxygens (including phenoxy) is 1. The van der Waals surface area contributed by atoms with Crippen LogP contribution in [0.3, 0.4) is 0 Å². The van der Waals surface area contributed by atoms with E-state index in [0.29, 0.717) is 6.10 Å². The first-order valence-electron chi connectivity index (χ1n) is 6.52. The highest BCUT2D eigenvalue weighted by Gasteiger charge is 2.15. The molecule has 0 bridgehead atoms. The molecule has 18 heavy (non-hydrogen) atoms. The number of aldehydes is 1. The summed E-state index contributed by atoms with van der Waals surface area (Å²) >= 11 is 0. The molecule has 1 aromatic carbocycles. The van der Waals surface area contributed by atoms with Gasteiger partial charge in [0.2, 0.25) is 0 Å². The average molecular weight is 243 g/mol. The second-order valence-corrected chi connectivity index (χ2v) is 4.87. The Morgan fingerprint density at radius 3 is 3.11 bits per heavy atom. The van der Waals surface area contributed by atoms with Crippen LogP contribution >= 0.6 is 0 Å². The van der Waals surface area contributed by atoms with Gasteiger partial charge in [-0.25, -0.2) is 0 Å². The SMILES string of the molecule is O=Cc1ccc2c(ccn2CCC2CCCO2)c1. The molecule has 0 N–H and O–H groups in total. The van der Waals surface area contributed by atoms with Crippen molar-refractivity contribution in [2.24, 2.45) is 0 Å². The number of hydrogen-bond donors (Lipinski definition) is 0.